The van der Waals surface area contributed by atoms with Crippen LogP contribution >= 0.6 is 0 Å². The molecule has 0 saturated heterocycles. The molecular weight excluding hydrogens is 196 g/mol. The van der Waals surface area contributed by atoms with Gasteiger partial charge in [-0.2, -0.15) is 0 Å². The molecule has 0 atom stereocenters. The molecule has 0 heterocycles. The number of aromatic hydroxyl groups is 1. The van der Waals surface area contributed by atoms with Gasteiger partial charge in [0.25, 0.3) is 0 Å². The summed E-state index contributed by atoms with van der Waals surface area (Å²) in [6.45, 7) is 0. The van der Waals surface area contributed by atoms with Gasteiger partial charge in [0.05, 0.1) is 0 Å². The summed E-state index contributed by atoms with van der Waals surface area (Å²) < 4.78 is 0. The predicted molar refractivity (Wildman–Crippen MR) is 67.0 cm³/mol. The van der Waals surface area contributed by atoms with Crippen LogP contribution in [0.1, 0.15) is 11.1 Å². The Labute approximate surface area is 95.7 Å². The molecule has 79 valence electrons. The molecule has 0 aliphatic rings. The number of benzene rings is 2. The van der Waals surface area contributed by atoms with Crippen molar-refractivity contribution in [3.05, 3.63) is 78.2 Å². The van der Waals surface area contributed by atoms with Crippen molar-refractivity contribution < 1.29 is 5.11 Å². The lowest BCUT2D eigenvalue weighted by Crippen LogP contribution is -1.76. The van der Waals surface area contributed by atoms with Crippen LogP contribution in [0, 0.1) is 6.42 Å². The molecule has 1 radical (unpaired) electrons. The van der Waals surface area contributed by atoms with Gasteiger partial charge in [-0.25, -0.2) is 0 Å². The van der Waals surface area contributed by atoms with Gasteiger partial charge in [-0.3, -0.25) is 0 Å². The maximum absolute atomic E-state index is 9.13. The number of phenolic OH excluding ortho intramolecular Hbond substituents is 1. The van der Waals surface area contributed by atoms with Crippen LogP contribution in [0.2, 0.25) is 0 Å². The van der Waals surface area contributed by atoms with Crippen LogP contribution < -0.4 is 0 Å². The SMILES string of the molecule is Oc1ccc(C=C[CH]c2ccccc2)cc1. The lowest BCUT2D eigenvalue weighted by Gasteiger charge is -1.95. The molecule has 1 nitrogen and oxygen atoms in total. The molecule has 0 aliphatic carbocycles. The molecule has 0 unspecified atom stereocenters. The molecule has 1 N–H and O–H groups in total. The van der Waals surface area contributed by atoms with Crippen molar-refractivity contribution in [2.24, 2.45) is 0 Å². The molecule has 0 spiro atoms. The molecule has 2 aromatic carbocycles. The van der Waals surface area contributed by atoms with Crippen LogP contribution in [0.25, 0.3) is 6.08 Å². The fraction of sp³-hybridized carbons (Fsp3) is 0. The van der Waals surface area contributed by atoms with Crippen molar-refractivity contribution in [2.75, 3.05) is 0 Å². The van der Waals surface area contributed by atoms with Gasteiger partial charge in [-0.05, 0) is 23.3 Å². The number of rotatable bonds is 3. The Morgan fingerprint density at radius 1 is 0.750 bits per heavy atom. The third-order valence-corrected chi connectivity index (χ3v) is 2.27. The van der Waals surface area contributed by atoms with E-state index in [0.717, 1.165) is 5.56 Å². The number of hydrogen-bond acceptors (Lipinski definition) is 1. The average molecular weight is 209 g/mol. The van der Waals surface area contributed by atoms with Crippen LogP contribution in [0.3, 0.4) is 0 Å². The van der Waals surface area contributed by atoms with Gasteiger partial charge in [0.2, 0.25) is 0 Å². The zero-order valence-electron chi connectivity index (χ0n) is 8.88. The summed E-state index contributed by atoms with van der Waals surface area (Å²) in [6.07, 6.45) is 6.06. The summed E-state index contributed by atoms with van der Waals surface area (Å²) in [7, 11) is 0. The molecule has 0 amide bonds. The molecule has 0 saturated carbocycles. The second-order valence-corrected chi connectivity index (χ2v) is 3.53. The van der Waals surface area contributed by atoms with E-state index in [-0.39, 0.29) is 0 Å². The first kappa shape index (κ1) is 10.5. The van der Waals surface area contributed by atoms with Gasteiger partial charge in [0.1, 0.15) is 5.75 Å². The Kier molecular flexibility index (Phi) is 3.39. The van der Waals surface area contributed by atoms with E-state index >= 15 is 0 Å². The van der Waals surface area contributed by atoms with Crippen LogP contribution in [-0.2, 0) is 0 Å². The summed E-state index contributed by atoms with van der Waals surface area (Å²) in [6, 6.07) is 17.3. The number of allylic oxidation sites excluding steroid dienone is 1. The van der Waals surface area contributed by atoms with E-state index in [1.54, 1.807) is 12.1 Å². The summed E-state index contributed by atoms with van der Waals surface area (Å²) in [5, 5.41) is 9.13. The molecule has 0 fully saturated rings. The molecule has 1 heteroatoms. The van der Waals surface area contributed by atoms with Gasteiger partial charge in [-0.15, -0.1) is 0 Å². The number of hydrogen-bond donors (Lipinski definition) is 1. The van der Waals surface area contributed by atoms with E-state index in [9.17, 15) is 0 Å². The Hall–Kier alpha value is -2.02. The third kappa shape index (κ3) is 2.99. The number of phenols is 1. The maximum Gasteiger partial charge on any atom is 0.115 e. The Morgan fingerprint density at radius 3 is 2.12 bits per heavy atom. The van der Waals surface area contributed by atoms with Gasteiger partial charge in [-0.1, -0.05) is 54.6 Å². The Morgan fingerprint density at radius 2 is 1.44 bits per heavy atom. The van der Waals surface area contributed by atoms with E-state index in [1.165, 1.54) is 5.56 Å². The minimum atomic E-state index is 0.296. The fourth-order valence-corrected chi connectivity index (χ4v) is 1.42. The monoisotopic (exact) mass is 209 g/mol. The topological polar surface area (TPSA) is 20.2 Å². The first-order valence-electron chi connectivity index (χ1n) is 5.20. The second kappa shape index (κ2) is 5.17. The van der Waals surface area contributed by atoms with E-state index in [0.29, 0.717) is 5.75 Å². The quantitative estimate of drug-likeness (QED) is 0.818. The Balaban J connectivity index is 1.98. The van der Waals surface area contributed by atoms with Crippen molar-refractivity contribution in [3.63, 3.8) is 0 Å². The van der Waals surface area contributed by atoms with E-state index < -0.39 is 0 Å². The highest BCUT2D eigenvalue weighted by Crippen LogP contribution is 2.11. The summed E-state index contributed by atoms with van der Waals surface area (Å²) >= 11 is 0. The minimum Gasteiger partial charge on any atom is -0.508 e. The first-order chi connectivity index (χ1) is 7.84. The smallest absolute Gasteiger partial charge is 0.115 e. The first-order valence-corrected chi connectivity index (χ1v) is 5.20. The van der Waals surface area contributed by atoms with Crippen LogP contribution in [0.4, 0.5) is 0 Å². The van der Waals surface area contributed by atoms with Crippen molar-refractivity contribution >= 4 is 6.08 Å². The van der Waals surface area contributed by atoms with Gasteiger partial charge < -0.3 is 5.11 Å². The zero-order chi connectivity index (χ0) is 11.2. The van der Waals surface area contributed by atoms with Crippen molar-refractivity contribution in [3.8, 4) is 5.75 Å². The summed E-state index contributed by atoms with van der Waals surface area (Å²) in [5.74, 6) is 0.296. The van der Waals surface area contributed by atoms with E-state index in [2.05, 4.69) is 12.1 Å². The molecular formula is C15H13O. The summed E-state index contributed by atoms with van der Waals surface area (Å²) in [5.41, 5.74) is 2.25. The van der Waals surface area contributed by atoms with Crippen molar-refractivity contribution in [1.29, 1.82) is 0 Å². The lowest BCUT2D eigenvalue weighted by molar-refractivity contribution is 0.475. The van der Waals surface area contributed by atoms with Crippen LogP contribution in [0.5, 0.6) is 5.75 Å². The highest BCUT2D eigenvalue weighted by atomic mass is 16.3. The normalized spacial score (nSPS) is 10.8. The lowest BCUT2D eigenvalue weighted by atomic mass is 10.1. The zero-order valence-corrected chi connectivity index (χ0v) is 8.88. The highest BCUT2D eigenvalue weighted by molar-refractivity contribution is 5.53. The fourth-order valence-electron chi connectivity index (χ4n) is 1.42. The molecule has 2 rings (SSSR count). The predicted octanol–water partition coefficient (Wildman–Crippen LogP) is 3.66. The molecule has 0 aliphatic heterocycles. The van der Waals surface area contributed by atoms with Crippen LogP contribution in [0.15, 0.2) is 60.7 Å². The molecule has 16 heavy (non-hydrogen) atoms. The van der Waals surface area contributed by atoms with E-state index in [1.807, 2.05) is 48.9 Å². The van der Waals surface area contributed by atoms with Gasteiger partial charge >= 0.3 is 0 Å². The van der Waals surface area contributed by atoms with Crippen molar-refractivity contribution in [2.45, 2.75) is 0 Å². The Bertz CT molecular complexity index is 455. The maximum atomic E-state index is 9.13. The van der Waals surface area contributed by atoms with E-state index in [4.69, 9.17) is 5.11 Å². The standard InChI is InChI=1S/C15H13O/c16-15-11-9-14(10-12-15)8-4-7-13-5-2-1-3-6-13/h1-12,16H. The molecule has 0 bridgehead atoms. The highest BCUT2D eigenvalue weighted by Gasteiger charge is 1.89. The summed E-state index contributed by atoms with van der Waals surface area (Å²) in [4.78, 5) is 0. The third-order valence-electron chi connectivity index (χ3n) is 2.27. The van der Waals surface area contributed by atoms with Crippen molar-refractivity contribution in [1.82, 2.24) is 0 Å². The molecule has 2 aromatic rings. The van der Waals surface area contributed by atoms with Gasteiger partial charge in [0.15, 0.2) is 0 Å². The second-order valence-electron chi connectivity index (χ2n) is 3.53. The average Bonchev–Trinajstić information content (AvgIpc) is 2.33. The van der Waals surface area contributed by atoms with Gasteiger partial charge in [0, 0.05) is 6.42 Å². The minimum absolute atomic E-state index is 0.296. The van der Waals surface area contributed by atoms with Crippen LogP contribution in [-0.4, -0.2) is 5.11 Å². The largest absolute Gasteiger partial charge is 0.508 e. The molecule has 0 aromatic heterocycles.